The first kappa shape index (κ1) is 22.7. The number of amides is 2. The normalized spacial score (nSPS) is 15.9. The minimum Gasteiger partial charge on any atom is -0.504 e. The highest BCUT2D eigenvalue weighted by molar-refractivity contribution is 7.80. The third-order valence-corrected chi connectivity index (χ3v) is 4.38. The molecule has 0 fully saturated rings. The summed E-state index contributed by atoms with van der Waals surface area (Å²) in [6.07, 6.45) is -0.420. The van der Waals surface area contributed by atoms with Gasteiger partial charge in [-0.2, -0.15) is 25.3 Å². The minimum atomic E-state index is -1.08. The number of carbonyl (C=O) groups excluding carboxylic acids is 4. The topological polar surface area (TPSA) is 151 Å². The van der Waals surface area contributed by atoms with Gasteiger partial charge in [-0.15, -0.1) is 0 Å². The van der Waals surface area contributed by atoms with Crippen LogP contribution in [0.25, 0.3) is 0 Å². The van der Waals surface area contributed by atoms with Gasteiger partial charge in [0, 0.05) is 17.9 Å². The van der Waals surface area contributed by atoms with Crippen molar-refractivity contribution in [3.05, 3.63) is 22.7 Å². The number of rotatable bonds is 8. The predicted molar refractivity (Wildman–Crippen MR) is 99.5 cm³/mol. The molecule has 2 atom stereocenters. The maximum absolute atomic E-state index is 12.3. The average molecular weight is 420 g/mol. The van der Waals surface area contributed by atoms with Crippen LogP contribution >= 0.6 is 25.3 Å². The summed E-state index contributed by atoms with van der Waals surface area (Å²) in [6, 6.07) is -2.17. The molecule has 27 heavy (non-hydrogen) atoms. The molecule has 0 aliphatic heterocycles. The Kier molecular flexibility index (Phi) is 8.50. The first-order chi connectivity index (χ1) is 12.7. The van der Waals surface area contributed by atoms with Crippen molar-refractivity contribution in [3.63, 3.8) is 0 Å². The Morgan fingerprint density at radius 2 is 1.22 bits per heavy atom. The number of hydrogen-bond acceptors (Lipinski definition) is 10. The van der Waals surface area contributed by atoms with Gasteiger partial charge in [0.15, 0.2) is 11.5 Å². The fraction of sp³-hybridized carbons (Fsp3) is 0.467. The van der Waals surface area contributed by atoms with Crippen LogP contribution in [0, 0.1) is 0 Å². The number of ether oxygens (including phenoxy) is 2. The van der Waals surface area contributed by atoms with Crippen LogP contribution in [0.1, 0.15) is 6.42 Å². The predicted octanol–water partition coefficient (Wildman–Crippen LogP) is -0.810. The molecule has 0 bridgehead atoms. The van der Waals surface area contributed by atoms with Crippen molar-refractivity contribution in [2.45, 2.75) is 18.5 Å². The number of aliphatic hydroxyl groups is 2. The number of thiol groups is 2. The van der Waals surface area contributed by atoms with Crippen LogP contribution in [0.2, 0.25) is 0 Å². The second-order valence-corrected chi connectivity index (χ2v) is 6.02. The van der Waals surface area contributed by atoms with E-state index >= 15 is 0 Å². The molecular formula is C15H20N2O8S2. The molecule has 4 N–H and O–H groups in total. The molecule has 1 rings (SSSR count). The number of hydrogen-bond donors (Lipinski definition) is 6. The number of carbonyl (C=O) groups is 4. The van der Waals surface area contributed by atoms with E-state index in [1.807, 2.05) is 0 Å². The van der Waals surface area contributed by atoms with Crippen LogP contribution in [-0.2, 0) is 28.7 Å². The molecule has 1 aliphatic rings. The van der Waals surface area contributed by atoms with Crippen LogP contribution in [-0.4, -0.2) is 71.8 Å². The third-order valence-electron chi connectivity index (χ3n) is 3.64. The summed E-state index contributed by atoms with van der Waals surface area (Å²) < 4.78 is 9.01. The average Bonchev–Trinajstić information content (AvgIpc) is 2.97. The van der Waals surface area contributed by atoms with E-state index in [4.69, 9.17) is 0 Å². The third kappa shape index (κ3) is 5.32. The van der Waals surface area contributed by atoms with E-state index in [2.05, 4.69) is 45.4 Å². The summed E-state index contributed by atoms with van der Waals surface area (Å²) in [6.45, 7) is 0. The molecule has 0 heterocycles. The largest absolute Gasteiger partial charge is 0.504 e. The summed E-state index contributed by atoms with van der Waals surface area (Å²) in [7, 11) is 2.26. The van der Waals surface area contributed by atoms with Gasteiger partial charge in [0.1, 0.15) is 12.1 Å². The first-order valence-corrected chi connectivity index (χ1v) is 8.81. The lowest BCUT2D eigenvalue weighted by Crippen LogP contribution is -2.44. The highest BCUT2D eigenvalue weighted by Gasteiger charge is 2.35. The van der Waals surface area contributed by atoms with E-state index < -0.39 is 53.8 Å². The van der Waals surface area contributed by atoms with E-state index in [1.54, 1.807) is 0 Å². The molecule has 0 saturated carbocycles. The number of aliphatic hydroxyl groups excluding tert-OH is 2. The van der Waals surface area contributed by atoms with E-state index in [9.17, 15) is 29.4 Å². The van der Waals surface area contributed by atoms with Crippen molar-refractivity contribution in [1.29, 1.82) is 0 Å². The summed E-state index contributed by atoms with van der Waals surface area (Å²) in [5.41, 5.74) is -0.650. The maximum Gasteiger partial charge on any atom is 0.329 e. The zero-order valence-electron chi connectivity index (χ0n) is 14.5. The Labute approximate surface area is 165 Å². The molecule has 2 unspecified atom stereocenters. The molecule has 10 nitrogen and oxygen atoms in total. The Morgan fingerprint density at radius 1 is 0.889 bits per heavy atom. The second-order valence-electron chi connectivity index (χ2n) is 5.29. The Bertz CT molecular complexity index is 646. The fourth-order valence-corrected chi connectivity index (χ4v) is 2.62. The highest BCUT2D eigenvalue weighted by Crippen LogP contribution is 2.29. The van der Waals surface area contributed by atoms with Crippen molar-refractivity contribution in [2.24, 2.45) is 0 Å². The lowest BCUT2D eigenvalue weighted by molar-refractivity contribution is -0.144. The molecule has 0 spiro atoms. The second kappa shape index (κ2) is 10.1. The summed E-state index contributed by atoms with van der Waals surface area (Å²) in [4.78, 5) is 47.6. The van der Waals surface area contributed by atoms with Crippen LogP contribution in [0.4, 0.5) is 0 Å². The Morgan fingerprint density at radius 3 is 1.48 bits per heavy atom. The molecule has 0 aromatic rings. The van der Waals surface area contributed by atoms with Crippen molar-refractivity contribution >= 4 is 49.0 Å². The van der Waals surface area contributed by atoms with Gasteiger partial charge in [-0.05, 0) is 0 Å². The molecule has 0 aromatic heterocycles. The smallest absolute Gasteiger partial charge is 0.329 e. The van der Waals surface area contributed by atoms with Gasteiger partial charge in [0.25, 0.3) is 11.8 Å². The van der Waals surface area contributed by atoms with Crippen LogP contribution in [0.15, 0.2) is 22.7 Å². The van der Waals surface area contributed by atoms with Crippen molar-refractivity contribution in [2.75, 3.05) is 25.7 Å². The first-order valence-electron chi connectivity index (χ1n) is 7.55. The van der Waals surface area contributed by atoms with E-state index in [0.29, 0.717) is 0 Å². The molecular weight excluding hydrogens is 400 g/mol. The number of methoxy groups -OCH3 is 2. The highest BCUT2D eigenvalue weighted by atomic mass is 32.1. The molecule has 0 saturated heterocycles. The lowest BCUT2D eigenvalue weighted by Gasteiger charge is -2.15. The molecule has 12 heteroatoms. The summed E-state index contributed by atoms with van der Waals surface area (Å²) >= 11 is 7.85. The van der Waals surface area contributed by atoms with Gasteiger partial charge < -0.3 is 30.3 Å². The van der Waals surface area contributed by atoms with Crippen molar-refractivity contribution < 1.29 is 38.9 Å². The molecule has 0 radical (unpaired) electrons. The Balaban J connectivity index is 2.89. The molecule has 1 aliphatic carbocycles. The molecule has 150 valence electrons. The van der Waals surface area contributed by atoms with E-state index in [-0.39, 0.29) is 22.7 Å². The van der Waals surface area contributed by atoms with Gasteiger partial charge in [-0.1, -0.05) is 0 Å². The van der Waals surface area contributed by atoms with Gasteiger partial charge in [0.05, 0.1) is 25.4 Å². The van der Waals surface area contributed by atoms with Gasteiger partial charge >= 0.3 is 11.9 Å². The van der Waals surface area contributed by atoms with Crippen LogP contribution in [0.3, 0.4) is 0 Å². The van der Waals surface area contributed by atoms with Crippen LogP contribution in [0.5, 0.6) is 0 Å². The van der Waals surface area contributed by atoms with Crippen molar-refractivity contribution in [3.8, 4) is 0 Å². The Hall–Kier alpha value is -2.34. The number of esters is 2. The summed E-state index contributed by atoms with van der Waals surface area (Å²) in [5.74, 6) is -5.01. The zero-order valence-corrected chi connectivity index (χ0v) is 16.3. The van der Waals surface area contributed by atoms with Crippen molar-refractivity contribution in [1.82, 2.24) is 10.6 Å². The van der Waals surface area contributed by atoms with Gasteiger partial charge in [-0.25, -0.2) is 9.59 Å². The van der Waals surface area contributed by atoms with E-state index in [1.165, 1.54) is 0 Å². The van der Waals surface area contributed by atoms with E-state index in [0.717, 1.165) is 14.2 Å². The quantitative estimate of drug-likeness (QED) is 0.220. The van der Waals surface area contributed by atoms with Gasteiger partial charge in [-0.3, -0.25) is 9.59 Å². The maximum atomic E-state index is 12.3. The SMILES string of the molecule is COC(=O)C(CS)NC(=O)C1=C(O)C(O)=C(C(=O)NC(CS)C(=O)OC)C1. The lowest BCUT2D eigenvalue weighted by atomic mass is 10.1. The monoisotopic (exact) mass is 420 g/mol. The van der Waals surface area contributed by atoms with Crippen LogP contribution < -0.4 is 10.6 Å². The molecule has 2 amide bonds. The number of nitrogens with one attached hydrogen (secondary N) is 2. The standard InChI is InChI=1S/C15H20N2O8S2/c1-24-14(22)8(4-26)16-12(20)6-3-7(11(19)10(6)18)13(21)17-9(5-27)15(23)25-2/h8-9,18-19,26-27H,3-5H2,1-2H3,(H,16,20)(H,17,21). The minimum absolute atomic E-state index is 0.0675. The van der Waals surface area contributed by atoms with Gasteiger partial charge in [0.2, 0.25) is 0 Å². The fourth-order valence-electron chi connectivity index (χ4n) is 2.14. The zero-order chi connectivity index (χ0) is 20.7. The molecule has 0 aromatic carbocycles. The summed E-state index contributed by atoms with van der Waals surface area (Å²) in [5, 5.41) is 24.5.